The van der Waals surface area contributed by atoms with Crippen LogP contribution in [0.1, 0.15) is 6.92 Å². The average Bonchev–Trinajstić information content (AvgIpc) is 2.87. The van der Waals surface area contributed by atoms with Crippen LogP contribution in [0.3, 0.4) is 0 Å². The molecule has 3 N–H and O–H groups in total. The van der Waals surface area contributed by atoms with Crippen LogP contribution in [0.5, 0.6) is 5.75 Å². The number of fused-ring (bicyclic) bond motifs is 1. The van der Waals surface area contributed by atoms with E-state index in [0.717, 1.165) is 0 Å². The number of phenolic OH excluding ortho intramolecular Hbond substituents is 1. The molecule has 37 heavy (non-hydrogen) atoms. The molecule has 0 aliphatic rings. The summed E-state index contributed by atoms with van der Waals surface area (Å²) in [5.41, 5.74) is 0.833. The van der Waals surface area contributed by atoms with E-state index in [1.807, 2.05) is 0 Å². The maximum Gasteiger partial charge on any atom is 0.232 e. The molecule has 4 aromatic rings. The SMILES string of the molecule is CCS(=O)(=O)c1ccc(N=Nc2c(SOOO)cc3ccc(Nc4nc(Cl)nc(Cl)n4)cc3c2O)cc1. The minimum Gasteiger partial charge on any atom is -0.505 e. The second kappa shape index (κ2) is 11.5. The molecule has 0 saturated heterocycles. The number of phenols is 1. The van der Waals surface area contributed by atoms with Crippen molar-refractivity contribution in [2.75, 3.05) is 11.1 Å². The molecule has 0 aliphatic carbocycles. The molecular weight excluding hydrogens is 567 g/mol. The Kier molecular flexibility index (Phi) is 8.39. The minimum absolute atomic E-state index is 0.00297. The van der Waals surface area contributed by atoms with Crippen molar-refractivity contribution in [3.63, 3.8) is 0 Å². The number of aromatic hydroxyl groups is 1. The molecule has 1 heterocycles. The summed E-state index contributed by atoms with van der Waals surface area (Å²) < 4.78 is 28.6. The fourth-order valence-corrected chi connectivity index (χ4v) is 4.88. The maximum atomic E-state index is 12.0. The molecule has 0 bridgehead atoms. The number of hydrogen-bond acceptors (Lipinski definition) is 13. The van der Waals surface area contributed by atoms with Gasteiger partial charge in [0, 0.05) is 11.1 Å². The summed E-state index contributed by atoms with van der Waals surface area (Å²) in [5.74, 6) is -0.194. The lowest BCUT2D eigenvalue weighted by atomic mass is 10.1. The van der Waals surface area contributed by atoms with Gasteiger partial charge in [-0.25, -0.2) is 13.7 Å². The first kappa shape index (κ1) is 26.9. The quantitative estimate of drug-likeness (QED) is 0.0860. The molecule has 12 nitrogen and oxygen atoms in total. The van der Waals surface area contributed by atoms with Gasteiger partial charge < -0.3 is 10.4 Å². The van der Waals surface area contributed by atoms with E-state index in [2.05, 4.69) is 39.9 Å². The number of aromatic nitrogens is 3. The summed E-state index contributed by atoms with van der Waals surface area (Å²) >= 11 is 12.2. The molecule has 16 heteroatoms. The van der Waals surface area contributed by atoms with Crippen LogP contribution in [0.25, 0.3) is 10.8 Å². The van der Waals surface area contributed by atoms with Crippen molar-refractivity contribution in [2.24, 2.45) is 10.2 Å². The molecule has 0 atom stereocenters. The Balaban J connectivity index is 1.72. The Morgan fingerprint density at radius 1 is 1.03 bits per heavy atom. The Hall–Kier alpha value is -3.11. The zero-order chi connectivity index (χ0) is 26.6. The van der Waals surface area contributed by atoms with E-state index >= 15 is 0 Å². The van der Waals surface area contributed by atoms with Gasteiger partial charge in [-0.05, 0) is 71.1 Å². The lowest BCUT2D eigenvalue weighted by molar-refractivity contribution is -0.432. The van der Waals surface area contributed by atoms with Crippen LogP contribution in [-0.2, 0) is 19.2 Å². The molecule has 0 fully saturated rings. The third-order valence-electron chi connectivity index (χ3n) is 4.89. The number of nitrogens with one attached hydrogen (secondary N) is 1. The van der Waals surface area contributed by atoms with Gasteiger partial charge in [0.2, 0.25) is 16.5 Å². The fraction of sp³-hybridized carbons (Fsp3) is 0.0952. The summed E-state index contributed by atoms with van der Waals surface area (Å²) in [4.78, 5) is 12.0. The van der Waals surface area contributed by atoms with Gasteiger partial charge in [0.1, 0.15) is 5.69 Å². The summed E-state index contributed by atoms with van der Waals surface area (Å²) in [6, 6.07) is 12.4. The molecule has 0 spiro atoms. The van der Waals surface area contributed by atoms with Crippen molar-refractivity contribution in [1.29, 1.82) is 0 Å². The minimum atomic E-state index is -3.36. The zero-order valence-corrected chi connectivity index (χ0v) is 21.8. The van der Waals surface area contributed by atoms with E-state index in [-0.39, 0.29) is 43.5 Å². The lowest BCUT2D eigenvalue weighted by Gasteiger charge is -2.11. The number of halogens is 2. The highest BCUT2D eigenvalue weighted by atomic mass is 35.5. The number of anilines is 2. The Labute approximate surface area is 224 Å². The number of benzene rings is 3. The van der Waals surface area contributed by atoms with Gasteiger partial charge in [0.05, 0.1) is 33.3 Å². The third kappa shape index (κ3) is 6.42. The molecular formula is C21H16Cl2N6O6S2. The highest BCUT2D eigenvalue weighted by Gasteiger charge is 2.16. The lowest BCUT2D eigenvalue weighted by Crippen LogP contribution is -2.02. The number of nitrogens with zero attached hydrogens (tertiary/aromatic N) is 5. The van der Waals surface area contributed by atoms with Gasteiger partial charge in [0.25, 0.3) is 0 Å². The van der Waals surface area contributed by atoms with Gasteiger partial charge in [-0.15, -0.1) is 9.45 Å². The molecule has 192 valence electrons. The first-order valence-electron chi connectivity index (χ1n) is 10.2. The van der Waals surface area contributed by atoms with Crippen molar-refractivity contribution < 1.29 is 28.2 Å². The maximum absolute atomic E-state index is 12.0. The van der Waals surface area contributed by atoms with Crippen LogP contribution < -0.4 is 5.32 Å². The van der Waals surface area contributed by atoms with Crippen LogP contribution in [0.15, 0.2) is 68.6 Å². The van der Waals surface area contributed by atoms with E-state index in [1.54, 1.807) is 31.2 Å². The molecule has 0 unspecified atom stereocenters. The number of rotatable bonds is 9. The van der Waals surface area contributed by atoms with Crippen molar-refractivity contribution in [3.8, 4) is 5.75 Å². The van der Waals surface area contributed by atoms with Gasteiger partial charge in [-0.1, -0.05) is 18.0 Å². The standard InChI is InChI=1S/C21H16Cl2N6O6S2/c1-2-37(32,33)14-7-5-12(6-8-14)28-29-17-16(36-35-34-31)9-11-3-4-13(10-15(11)18(17)30)24-21-26-19(22)25-20(23)27-21/h3-10,30-31H,2H2,1H3,(H,24,25,26,27). The van der Waals surface area contributed by atoms with Crippen molar-refractivity contribution in [2.45, 2.75) is 16.7 Å². The molecule has 1 aromatic heterocycles. The Morgan fingerprint density at radius 3 is 2.38 bits per heavy atom. The van der Waals surface area contributed by atoms with Gasteiger partial charge in [-0.3, -0.25) is 0 Å². The zero-order valence-electron chi connectivity index (χ0n) is 18.7. The first-order chi connectivity index (χ1) is 17.7. The van der Waals surface area contributed by atoms with E-state index in [9.17, 15) is 13.5 Å². The van der Waals surface area contributed by atoms with Crippen LogP contribution in [0.2, 0.25) is 10.6 Å². The number of sulfone groups is 1. The molecule has 0 amide bonds. The normalized spacial score (nSPS) is 11.9. The Bertz CT molecular complexity index is 1570. The predicted molar refractivity (Wildman–Crippen MR) is 138 cm³/mol. The second-order valence-electron chi connectivity index (χ2n) is 7.15. The van der Waals surface area contributed by atoms with E-state index in [4.69, 9.17) is 28.5 Å². The predicted octanol–water partition coefficient (Wildman–Crippen LogP) is 6.42. The molecule has 0 saturated carbocycles. The summed E-state index contributed by atoms with van der Waals surface area (Å²) in [7, 11) is -3.36. The van der Waals surface area contributed by atoms with Gasteiger partial charge >= 0.3 is 0 Å². The van der Waals surface area contributed by atoms with E-state index in [0.29, 0.717) is 34.2 Å². The number of azo groups is 1. The van der Waals surface area contributed by atoms with Crippen LogP contribution >= 0.6 is 35.2 Å². The van der Waals surface area contributed by atoms with Crippen molar-refractivity contribution in [3.05, 3.63) is 59.1 Å². The van der Waals surface area contributed by atoms with E-state index in [1.165, 1.54) is 24.3 Å². The summed E-state index contributed by atoms with van der Waals surface area (Å²) in [5, 5.41) is 35.2. The van der Waals surface area contributed by atoms with Crippen LogP contribution in [0, 0.1) is 0 Å². The number of hydrogen-bond donors (Lipinski definition) is 3. The Morgan fingerprint density at radius 2 is 1.73 bits per heavy atom. The molecule has 0 radical (unpaired) electrons. The fourth-order valence-electron chi connectivity index (χ4n) is 3.14. The van der Waals surface area contributed by atoms with Crippen molar-refractivity contribution in [1.82, 2.24) is 15.0 Å². The van der Waals surface area contributed by atoms with Crippen LogP contribution in [-0.4, -0.2) is 39.5 Å². The van der Waals surface area contributed by atoms with Crippen LogP contribution in [0.4, 0.5) is 23.0 Å². The first-order valence-corrected chi connectivity index (χ1v) is 13.4. The van der Waals surface area contributed by atoms with Gasteiger partial charge in [0.15, 0.2) is 15.6 Å². The topological polar surface area (TPSA) is 168 Å². The molecule has 3 aromatic carbocycles. The largest absolute Gasteiger partial charge is 0.505 e. The third-order valence-corrected chi connectivity index (χ3v) is 7.59. The smallest absolute Gasteiger partial charge is 0.232 e. The monoisotopic (exact) mass is 582 g/mol. The summed E-state index contributed by atoms with van der Waals surface area (Å²) in [6.07, 6.45) is 0. The molecule has 0 aliphatic heterocycles. The van der Waals surface area contributed by atoms with Gasteiger partial charge in [-0.2, -0.15) is 20.1 Å². The van der Waals surface area contributed by atoms with Crippen molar-refractivity contribution >= 4 is 78.9 Å². The second-order valence-corrected chi connectivity index (χ2v) is 10.9. The van der Waals surface area contributed by atoms with E-state index < -0.39 is 9.84 Å². The molecule has 4 rings (SSSR count). The summed E-state index contributed by atoms with van der Waals surface area (Å²) in [6.45, 7) is 1.55. The highest BCUT2D eigenvalue weighted by molar-refractivity contribution is 7.94. The highest BCUT2D eigenvalue weighted by Crippen LogP contribution is 2.44. The average molecular weight is 583 g/mol.